The SMILES string of the molecule is CN(C)C(=NCc1cc(Cl)cc2c1OCC2)N(C)C. The molecule has 1 aliphatic rings. The molecule has 0 saturated carbocycles. The monoisotopic (exact) mass is 281 g/mol. The number of ether oxygens (including phenoxy) is 1. The fraction of sp³-hybridized carbons (Fsp3) is 0.500. The van der Waals surface area contributed by atoms with Crippen molar-refractivity contribution < 1.29 is 4.74 Å². The molecule has 0 aliphatic carbocycles. The third-order valence-corrected chi connectivity index (χ3v) is 3.23. The molecular formula is C14H20ClN3O. The summed E-state index contributed by atoms with van der Waals surface area (Å²) in [5.74, 6) is 1.89. The van der Waals surface area contributed by atoms with Gasteiger partial charge in [0.05, 0.1) is 13.2 Å². The van der Waals surface area contributed by atoms with Crippen molar-refractivity contribution in [2.45, 2.75) is 13.0 Å². The molecule has 5 heteroatoms. The fourth-order valence-electron chi connectivity index (χ4n) is 2.30. The van der Waals surface area contributed by atoms with Crippen LogP contribution in [0.3, 0.4) is 0 Å². The molecule has 0 bridgehead atoms. The third kappa shape index (κ3) is 3.13. The predicted molar refractivity (Wildman–Crippen MR) is 79.2 cm³/mol. The Kier molecular flexibility index (Phi) is 4.20. The Morgan fingerprint density at radius 1 is 1.26 bits per heavy atom. The quantitative estimate of drug-likeness (QED) is 0.615. The summed E-state index contributed by atoms with van der Waals surface area (Å²) in [6.07, 6.45) is 0.931. The van der Waals surface area contributed by atoms with Crippen LogP contribution in [0.5, 0.6) is 5.75 Å². The van der Waals surface area contributed by atoms with Crippen LogP contribution in [0.15, 0.2) is 17.1 Å². The molecule has 4 nitrogen and oxygen atoms in total. The maximum absolute atomic E-state index is 6.14. The van der Waals surface area contributed by atoms with E-state index in [9.17, 15) is 0 Å². The maximum Gasteiger partial charge on any atom is 0.195 e. The lowest BCUT2D eigenvalue weighted by Gasteiger charge is -2.22. The van der Waals surface area contributed by atoms with Gasteiger partial charge in [-0.15, -0.1) is 0 Å². The fourth-order valence-corrected chi connectivity index (χ4v) is 2.57. The summed E-state index contributed by atoms with van der Waals surface area (Å²) in [6, 6.07) is 3.92. The summed E-state index contributed by atoms with van der Waals surface area (Å²) in [4.78, 5) is 8.62. The van der Waals surface area contributed by atoms with E-state index >= 15 is 0 Å². The first-order valence-corrected chi connectivity index (χ1v) is 6.70. The smallest absolute Gasteiger partial charge is 0.195 e. The number of aliphatic imine (C=N–C) groups is 1. The second kappa shape index (κ2) is 5.70. The molecule has 0 spiro atoms. The average Bonchev–Trinajstić information content (AvgIpc) is 2.75. The lowest BCUT2D eigenvalue weighted by Crippen LogP contribution is -2.35. The Hall–Kier alpha value is -1.42. The highest BCUT2D eigenvalue weighted by Crippen LogP contribution is 2.33. The van der Waals surface area contributed by atoms with Gasteiger partial charge in [0.2, 0.25) is 0 Å². The number of benzene rings is 1. The zero-order valence-corrected chi connectivity index (χ0v) is 12.7. The van der Waals surface area contributed by atoms with Gasteiger partial charge in [-0.3, -0.25) is 0 Å². The molecule has 0 saturated heterocycles. The lowest BCUT2D eigenvalue weighted by molar-refractivity contribution is 0.353. The Labute approximate surface area is 119 Å². The van der Waals surface area contributed by atoms with Gasteiger partial charge >= 0.3 is 0 Å². The number of halogens is 1. The van der Waals surface area contributed by atoms with Gasteiger partial charge in [-0.25, -0.2) is 4.99 Å². The molecular weight excluding hydrogens is 262 g/mol. The largest absolute Gasteiger partial charge is 0.493 e. The first-order chi connectivity index (χ1) is 8.99. The summed E-state index contributed by atoms with van der Waals surface area (Å²) in [5.41, 5.74) is 2.25. The van der Waals surface area contributed by atoms with Crippen molar-refractivity contribution in [3.63, 3.8) is 0 Å². The van der Waals surface area contributed by atoms with Crippen molar-refractivity contribution in [3.05, 3.63) is 28.3 Å². The second-order valence-corrected chi connectivity index (χ2v) is 5.49. The molecule has 0 radical (unpaired) electrons. The third-order valence-electron chi connectivity index (χ3n) is 3.02. The highest BCUT2D eigenvalue weighted by molar-refractivity contribution is 6.30. The molecule has 19 heavy (non-hydrogen) atoms. The minimum Gasteiger partial charge on any atom is -0.493 e. The molecule has 1 aromatic rings. The Bertz CT molecular complexity index is 488. The number of hydrogen-bond donors (Lipinski definition) is 0. The van der Waals surface area contributed by atoms with Crippen LogP contribution in [0.1, 0.15) is 11.1 Å². The molecule has 1 aromatic carbocycles. The normalized spacial score (nSPS) is 12.7. The molecule has 0 fully saturated rings. The van der Waals surface area contributed by atoms with Gasteiger partial charge in [-0.05, 0) is 17.7 Å². The highest BCUT2D eigenvalue weighted by Gasteiger charge is 2.17. The minimum atomic E-state index is 0.578. The average molecular weight is 282 g/mol. The van der Waals surface area contributed by atoms with Gasteiger partial charge in [0, 0.05) is 45.2 Å². The van der Waals surface area contributed by atoms with E-state index in [1.807, 2.05) is 50.1 Å². The van der Waals surface area contributed by atoms with E-state index in [2.05, 4.69) is 4.99 Å². The summed E-state index contributed by atoms with van der Waals surface area (Å²) in [7, 11) is 7.94. The van der Waals surface area contributed by atoms with Crippen molar-refractivity contribution in [2.24, 2.45) is 4.99 Å². The lowest BCUT2D eigenvalue weighted by atomic mass is 10.1. The molecule has 1 heterocycles. The predicted octanol–water partition coefficient (Wildman–Crippen LogP) is 2.25. The highest BCUT2D eigenvalue weighted by atomic mass is 35.5. The molecule has 1 aliphatic heterocycles. The van der Waals surface area contributed by atoms with Crippen molar-refractivity contribution in [1.82, 2.24) is 9.80 Å². The van der Waals surface area contributed by atoms with Crippen molar-refractivity contribution in [1.29, 1.82) is 0 Å². The number of fused-ring (bicyclic) bond motifs is 1. The van der Waals surface area contributed by atoms with Crippen LogP contribution in [0.4, 0.5) is 0 Å². The van der Waals surface area contributed by atoms with Crippen LogP contribution in [0.25, 0.3) is 0 Å². The molecule has 0 amide bonds. The van der Waals surface area contributed by atoms with Crippen LogP contribution in [-0.4, -0.2) is 50.6 Å². The molecule has 104 valence electrons. The second-order valence-electron chi connectivity index (χ2n) is 5.06. The zero-order valence-electron chi connectivity index (χ0n) is 11.9. The Morgan fingerprint density at radius 3 is 2.58 bits per heavy atom. The maximum atomic E-state index is 6.14. The van der Waals surface area contributed by atoms with E-state index in [4.69, 9.17) is 16.3 Å². The van der Waals surface area contributed by atoms with E-state index in [1.54, 1.807) is 0 Å². The van der Waals surface area contributed by atoms with E-state index < -0.39 is 0 Å². The molecule has 0 atom stereocenters. The van der Waals surface area contributed by atoms with Crippen LogP contribution in [0.2, 0.25) is 5.02 Å². The van der Waals surface area contributed by atoms with Crippen molar-refractivity contribution >= 4 is 17.6 Å². The van der Waals surface area contributed by atoms with Crippen molar-refractivity contribution in [3.8, 4) is 5.75 Å². The minimum absolute atomic E-state index is 0.578. The molecule has 0 aromatic heterocycles. The summed E-state index contributed by atoms with van der Waals surface area (Å²) < 4.78 is 5.68. The Morgan fingerprint density at radius 2 is 1.95 bits per heavy atom. The van der Waals surface area contributed by atoms with Crippen LogP contribution in [0, 0.1) is 0 Å². The van der Waals surface area contributed by atoms with E-state index in [0.29, 0.717) is 6.54 Å². The van der Waals surface area contributed by atoms with Crippen molar-refractivity contribution in [2.75, 3.05) is 34.8 Å². The van der Waals surface area contributed by atoms with Gasteiger partial charge in [0.1, 0.15) is 5.75 Å². The summed E-state index contributed by atoms with van der Waals surface area (Å²) in [5, 5.41) is 0.755. The van der Waals surface area contributed by atoms with E-state index in [0.717, 1.165) is 35.3 Å². The standard InChI is InChI=1S/C14H20ClN3O/c1-17(2)14(18(3)4)16-9-11-8-12(15)7-10-5-6-19-13(10)11/h7-8H,5-6,9H2,1-4H3. The summed E-state index contributed by atoms with van der Waals surface area (Å²) >= 11 is 6.14. The first kappa shape index (κ1) is 14.0. The van der Waals surface area contributed by atoms with E-state index in [1.165, 1.54) is 5.56 Å². The number of hydrogen-bond acceptors (Lipinski definition) is 2. The number of guanidine groups is 1. The first-order valence-electron chi connectivity index (χ1n) is 6.32. The van der Waals surface area contributed by atoms with Gasteiger partial charge < -0.3 is 14.5 Å². The van der Waals surface area contributed by atoms with Crippen LogP contribution < -0.4 is 4.74 Å². The van der Waals surface area contributed by atoms with E-state index in [-0.39, 0.29) is 0 Å². The van der Waals surface area contributed by atoms with Crippen LogP contribution in [-0.2, 0) is 13.0 Å². The van der Waals surface area contributed by atoms with Gasteiger partial charge in [-0.1, -0.05) is 11.6 Å². The zero-order chi connectivity index (χ0) is 14.0. The summed E-state index contributed by atoms with van der Waals surface area (Å²) in [6.45, 7) is 1.31. The number of rotatable bonds is 2. The van der Waals surface area contributed by atoms with Gasteiger partial charge in [0.15, 0.2) is 5.96 Å². The van der Waals surface area contributed by atoms with Crippen LogP contribution >= 0.6 is 11.6 Å². The topological polar surface area (TPSA) is 28.1 Å². The number of nitrogens with zero attached hydrogens (tertiary/aromatic N) is 3. The molecule has 0 N–H and O–H groups in total. The van der Waals surface area contributed by atoms with Gasteiger partial charge in [-0.2, -0.15) is 0 Å². The molecule has 2 rings (SSSR count). The Balaban J connectivity index is 2.27. The van der Waals surface area contributed by atoms with Gasteiger partial charge in [0.25, 0.3) is 0 Å². The molecule has 0 unspecified atom stereocenters.